The van der Waals surface area contributed by atoms with E-state index in [0.717, 1.165) is 12.2 Å². The Morgan fingerprint density at radius 3 is 2.95 bits per heavy atom. The number of aryl methyl sites for hydroxylation is 2. The Morgan fingerprint density at radius 2 is 2.16 bits per heavy atom. The first-order chi connectivity index (χ1) is 9.22. The summed E-state index contributed by atoms with van der Waals surface area (Å²) in [6.45, 7) is 2.08. The number of ether oxygens (including phenoxy) is 1. The second kappa shape index (κ2) is 5.01. The molecule has 0 fully saturated rings. The number of aromatic nitrogens is 2. The van der Waals surface area contributed by atoms with Crippen LogP contribution in [0.1, 0.15) is 42.3 Å². The molecule has 0 spiro atoms. The van der Waals surface area contributed by atoms with Crippen LogP contribution in [0.3, 0.4) is 0 Å². The number of hydrogen-bond donors (Lipinski definition) is 1. The maximum absolute atomic E-state index is 5.67. The van der Waals surface area contributed by atoms with Crippen molar-refractivity contribution in [2.75, 3.05) is 0 Å². The highest BCUT2D eigenvalue weighted by atomic mass is 16.5. The van der Waals surface area contributed by atoms with Crippen LogP contribution in [-0.4, -0.2) is 10.2 Å². The van der Waals surface area contributed by atoms with Crippen molar-refractivity contribution in [1.82, 2.24) is 10.2 Å². The van der Waals surface area contributed by atoms with Crippen LogP contribution < -0.4 is 10.5 Å². The Hall–Kier alpha value is -1.88. The van der Waals surface area contributed by atoms with Gasteiger partial charge in [-0.15, -0.1) is 10.2 Å². The van der Waals surface area contributed by atoms with Crippen LogP contribution >= 0.6 is 0 Å². The Labute approximate surface area is 111 Å². The largest absolute Gasteiger partial charge is 0.484 e. The van der Waals surface area contributed by atoms with Gasteiger partial charge < -0.3 is 14.9 Å². The van der Waals surface area contributed by atoms with Crippen molar-refractivity contribution in [3.63, 3.8) is 0 Å². The predicted molar refractivity (Wildman–Crippen MR) is 69.7 cm³/mol. The minimum atomic E-state index is -0.249. The Kier molecular flexibility index (Phi) is 3.21. The van der Waals surface area contributed by atoms with Gasteiger partial charge in [0.25, 0.3) is 5.89 Å². The van der Waals surface area contributed by atoms with Crippen LogP contribution in [-0.2, 0) is 19.4 Å². The maximum atomic E-state index is 5.67. The van der Waals surface area contributed by atoms with Crippen LogP contribution in [0.4, 0.5) is 0 Å². The molecular formula is C14H17N3O2. The molecule has 0 amide bonds. The smallest absolute Gasteiger partial charge is 0.253 e. The summed E-state index contributed by atoms with van der Waals surface area (Å²) in [7, 11) is 0. The lowest BCUT2D eigenvalue weighted by molar-refractivity contribution is 0.257. The molecule has 0 aliphatic heterocycles. The van der Waals surface area contributed by atoms with E-state index in [2.05, 4.69) is 22.3 Å². The maximum Gasteiger partial charge on any atom is 0.253 e. The lowest BCUT2D eigenvalue weighted by atomic mass is 10.1. The Bertz CT molecular complexity index is 578. The van der Waals surface area contributed by atoms with E-state index in [0.29, 0.717) is 11.8 Å². The van der Waals surface area contributed by atoms with E-state index < -0.39 is 0 Å². The molecule has 19 heavy (non-hydrogen) atoms. The zero-order valence-corrected chi connectivity index (χ0v) is 10.9. The molecular weight excluding hydrogens is 242 g/mol. The molecule has 1 aromatic heterocycles. The fourth-order valence-electron chi connectivity index (χ4n) is 2.29. The first-order valence-electron chi connectivity index (χ1n) is 6.55. The fourth-order valence-corrected chi connectivity index (χ4v) is 2.29. The summed E-state index contributed by atoms with van der Waals surface area (Å²) in [4.78, 5) is 0. The summed E-state index contributed by atoms with van der Waals surface area (Å²) in [5.74, 6) is 1.74. The van der Waals surface area contributed by atoms with Crippen molar-refractivity contribution in [2.45, 2.75) is 38.8 Å². The number of fused-ring (bicyclic) bond motifs is 1. The molecule has 1 heterocycles. The fraction of sp³-hybridized carbons (Fsp3) is 0.429. The summed E-state index contributed by atoms with van der Waals surface area (Å²) in [6, 6.07) is 5.98. The van der Waals surface area contributed by atoms with Crippen LogP contribution in [0.25, 0.3) is 0 Å². The van der Waals surface area contributed by atoms with E-state index in [1.54, 1.807) is 6.92 Å². The van der Waals surface area contributed by atoms with Crippen molar-refractivity contribution >= 4 is 0 Å². The van der Waals surface area contributed by atoms with Crippen LogP contribution in [0, 0.1) is 0 Å². The third-order valence-corrected chi connectivity index (χ3v) is 3.30. The van der Waals surface area contributed by atoms with Gasteiger partial charge in [-0.2, -0.15) is 0 Å². The molecule has 1 atom stereocenters. The normalized spacial score (nSPS) is 15.3. The highest BCUT2D eigenvalue weighted by molar-refractivity contribution is 5.38. The van der Waals surface area contributed by atoms with Crippen molar-refractivity contribution < 1.29 is 9.15 Å². The molecule has 0 radical (unpaired) electrons. The lowest BCUT2D eigenvalue weighted by Gasteiger charge is -2.05. The molecule has 1 unspecified atom stereocenters. The average molecular weight is 259 g/mol. The monoisotopic (exact) mass is 259 g/mol. The van der Waals surface area contributed by atoms with Gasteiger partial charge in [-0.3, -0.25) is 0 Å². The van der Waals surface area contributed by atoms with E-state index in [9.17, 15) is 0 Å². The quantitative estimate of drug-likeness (QED) is 0.910. The zero-order chi connectivity index (χ0) is 13.2. The molecule has 0 saturated carbocycles. The minimum Gasteiger partial charge on any atom is -0.484 e. The van der Waals surface area contributed by atoms with Crippen molar-refractivity contribution in [3.8, 4) is 5.75 Å². The summed E-state index contributed by atoms with van der Waals surface area (Å²) < 4.78 is 11.1. The summed E-state index contributed by atoms with van der Waals surface area (Å²) >= 11 is 0. The SMILES string of the molecule is CC(N)c1nnc(COc2ccc3c(c2)CCC3)o1. The summed E-state index contributed by atoms with van der Waals surface area (Å²) in [6.07, 6.45) is 3.55. The predicted octanol–water partition coefficient (Wildman–Crippen LogP) is 2.16. The molecule has 1 aliphatic rings. The summed E-state index contributed by atoms with van der Waals surface area (Å²) in [5.41, 5.74) is 8.48. The zero-order valence-electron chi connectivity index (χ0n) is 10.9. The van der Waals surface area contributed by atoms with Crippen molar-refractivity contribution in [1.29, 1.82) is 0 Å². The lowest BCUT2D eigenvalue weighted by Crippen LogP contribution is -2.04. The average Bonchev–Trinajstić information content (AvgIpc) is 3.04. The van der Waals surface area contributed by atoms with E-state index in [-0.39, 0.29) is 12.6 Å². The van der Waals surface area contributed by atoms with Crippen molar-refractivity contribution in [2.24, 2.45) is 5.73 Å². The minimum absolute atomic E-state index is 0.249. The first kappa shape index (κ1) is 12.2. The van der Waals surface area contributed by atoms with Gasteiger partial charge in [-0.25, -0.2) is 0 Å². The highest BCUT2D eigenvalue weighted by Crippen LogP contribution is 2.26. The molecule has 3 rings (SSSR count). The van der Waals surface area contributed by atoms with Crippen LogP contribution in [0.5, 0.6) is 5.75 Å². The van der Waals surface area contributed by atoms with Gasteiger partial charge in [0.05, 0.1) is 6.04 Å². The molecule has 100 valence electrons. The molecule has 5 heteroatoms. The highest BCUT2D eigenvalue weighted by Gasteiger charge is 2.13. The molecule has 1 aromatic carbocycles. The van der Waals surface area contributed by atoms with Crippen molar-refractivity contribution in [3.05, 3.63) is 41.1 Å². The van der Waals surface area contributed by atoms with Gasteiger partial charge in [0.15, 0.2) is 6.61 Å². The second-order valence-electron chi connectivity index (χ2n) is 4.90. The topological polar surface area (TPSA) is 74.2 Å². The number of nitrogens with zero attached hydrogens (tertiary/aromatic N) is 2. The third-order valence-electron chi connectivity index (χ3n) is 3.30. The number of hydrogen-bond acceptors (Lipinski definition) is 5. The van der Waals surface area contributed by atoms with Gasteiger partial charge in [-0.1, -0.05) is 6.07 Å². The van der Waals surface area contributed by atoms with E-state index in [4.69, 9.17) is 14.9 Å². The standard InChI is InChI=1S/C14H17N3O2/c1-9(15)14-17-16-13(19-14)8-18-12-6-5-10-3-2-4-11(10)7-12/h5-7,9H,2-4,8,15H2,1H3. The van der Waals surface area contributed by atoms with Crippen LogP contribution in [0.2, 0.25) is 0 Å². The van der Waals surface area contributed by atoms with Gasteiger partial charge in [0.2, 0.25) is 5.89 Å². The van der Waals surface area contributed by atoms with E-state index in [1.807, 2.05) is 6.07 Å². The molecule has 0 saturated heterocycles. The van der Waals surface area contributed by atoms with Gasteiger partial charge >= 0.3 is 0 Å². The summed E-state index contributed by atoms with van der Waals surface area (Å²) in [5, 5.41) is 7.77. The molecule has 2 aromatic rings. The van der Waals surface area contributed by atoms with Gasteiger partial charge in [0.1, 0.15) is 5.75 Å². The first-order valence-corrected chi connectivity index (χ1v) is 6.55. The Morgan fingerprint density at radius 1 is 1.32 bits per heavy atom. The molecule has 2 N–H and O–H groups in total. The molecule has 5 nitrogen and oxygen atoms in total. The van der Waals surface area contributed by atoms with Crippen LogP contribution in [0.15, 0.2) is 22.6 Å². The number of benzene rings is 1. The Balaban J connectivity index is 1.65. The van der Waals surface area contributed by atoms with Gasteiger partial charge in [0, 0.05) is 0 Å². The van der Waals surface area contributed by atoms with E-state index in [1.165, 1.54) is 24.0 Å². The third kappa shape index (κ3) is 2.61. The number of nitrogens with two attached hydrogens (primary N) is 1. The molecule has 1 aliphatic carbocycles. The van der Waals surface area contributed by atoms with E-state index >= 15 is 0 Å². The second-order valence-corrected chi connectivity index (χ2v) is 4.90. The molecule has 0 bridgehead atoms. The number of rotatable bonds is 4. The van der Waals surface area contributed by atoms with Gasteiger partial charge in [-0.05, 0) is 49.4 Å².